The van der Waals surface area contributed by atoms with E-state index in [1.165, 1.54) is 11.3 Å². The van der Waals surface area contributed by atoms with Crippen LogP contribution in [-0.2, 0) is 6.42 Å². The first kappa shape index (κ1) is 11.0. The van der Waals surface area contributed by atoms with Gasteiger partial charge >= 0.3 is 0 Å². The van der Waals surface area contributed by atoms with Gasteiger partial charge in [-0.1, -0.05) is 6.92 Å². The topological polar surface area (TPSA) is 42.9 Å². The van der Waals surface area contributed by atoms with Crippen LogP contribution in [0.25, 0.3) is 10.6 Å². The van der Waals surface area contributed by atoms with Gasteiger partial charge in [-0.2, -0.15) is 0 Å². The summed E-state index contributed by atoms with van der Waals surface area (Å²) in [7, 11) is 0. The van der Waals surface area contributed by atoms with Gasteiger partial charge in [0.2, 0.25) is 0 Å². The zero-order chi connectivity index (χ0) is 11.5. The van der Waals surface area contributed by atoms with E-state index in [1.54, 1.807) is 19.3 Å². The van der Waals surface area contributed by atoms with E-state index >= 15 is 0 Å². The molecule has 2 aromatic rings. The molecule has 0 saturated heterocycles. The zero-order valence-corrected chi connectivity index (χ0v) is 10.0. The van der Waals surface area contributed by atoms with Gasteiger partial charge in [-0.15, -0.1) is 11.3 Å². The predicted molar refractivity (Wildman–Crippen MR) is 64.7 cm³/mol. The molecule has 2 heterocycles. The molecule has 0 radical (unpaired) electrons. The molecule has 0 N–H and O–H groups in total. The molecule has 0 fully saturated rings. The summed E-state index contributed by atoms with van der Waals surface area (Å²) in [5, 5.41) is 0.893. The Labute approximate surface area is 98.2 Å². The van der Waals surface area contributed by atoms with Gasteiger partial charge in [0.1, 0.15) is 5.01 Å². The molecule has 3 nitrogen and oxygen atoms in total. The van der Waals surface area contributed by atoms with E-state index in [-0.39, 0.29) is 5.78 Å². The Balaban J connectivity index is 2.46. The van der Waals surface area contributed by atoms with E-state index in [0.717, 1.165) is 22.6 Å². The van der Waals surface area contributed by atoms with Gasteiger partial charge in [0.05, 0.1) is 4.88 Å². The summed E-state index contributed by atoms with van der Waals surface area (Å²) in [6.45, 7) is 3.64. The van der Waals surface area contributed by atoms with Crippen LogP contribution < -0.4 is 0 Å². The molecule has 4 heteroatoms. The third-order valence-electron chi connectivity index (χ3n) is 2.37. The largest absolute Gasteiger partial charge is 0.294 e. The van der Waals surface area contributed by atoms with Crippen LogP contribution in [0.5, 0.6) is 0 Å². The number of carbonyl (C=O) groups is 1. The fraction of sp³-hybridized carbons (Fsp3) is 0.250. The number of thiazole rings is 1. The van der Waals surface area contributed by atoms with Crippen LogP contribution in [0.3, 0.4) is 0 Å². The number of hydrogen-bond acceptors (Lipinski definition) is 4. The van der Waals surface area contributed by atoms with E-state index in [0.29, 0.717) is 4.88 Å². The van der Waals surface area contributed by atoms with Crippen molar-refractivity contribution < 1.29 is 4.79 Å². The minimum atomic E-state index is 0.0656. The van der Waals surface area contributed by atoms with Crippen molar-refractivity contribution >= 4 is 17.1 Å². The molecular weight excluding hydrogens is 220 g/mol. The molecular formula is C12H12N2OS. The summed E-state index contributed by atoms with van der Waals surface area (Å²) < 4.78 is 0. The Bertz CT molecular complexity index is 519. The molecule has 2 rings (SSSR count). The summed E-state index contributed by atoms with van der Waals surface area (Å²) in [5.41, 5.74) is 2.24. The van der Waals surface area contributed by atoms with Crippen molar-refractivity contribution in [2.45, 2.75) is 20.3 Å². The maximum Gasteiger partial charge on any atom is 0.171 e. The highest BCUT2D eigenvalue weighted by atomic mass is 32.1. The molecule has 0 aliphatic rings. The summed E-state index contributed by atoms with van der Waals surface area (Å²) in [5.74, 6) is 0.0656. The van der Waals surface area contributed by atoms with Gasteiger partial charge in [0.25, 0.3) is 0 Å². The van der Waals surface area contributed by atoms with Crippen LogP contribution in [0.15, 0.2) is 24.7 Å². The van der Waals surface area contributed by atoms with Crippen molar-refractivity contribution in [1.82, 2.24) is 9.97 Å². The molecule has 0 aromatic carbocycles. The molecule has 0 bridgehead atoms. The SMILES string of the molecule is CCc1cnccc1-c1ncc(C(C)=O)s1. The second-order valence-corrected chi connectivity index (χ2v) is 4.50. The molecule has 0 saturated carbocycles. The lowest BCUT2D eigenvalue weighted by Gasteiger charge is -2.02. The minimum Gasteiger partial charge on any atom is -0.294 e. The highest BCUT2D eigenvalue weighted by molar-refractivity contribution is 7.16. The smallest absolute Gasteiger partial charge is 0.171 e. The van der Waals surface area contributed by atoms with E-state index in [4.69, 9.17) is 0 Å². The second kappa shape index (κ2) is 4.53. The third kappa shape index (κ3) is 2.02. The van der Waals surface area contributed by atoms with Crippen LogP contribution >= 0.6 is 11.3 Å². The van der Waals surface area contributed by atoms with Gasteiger partial charge in [-0.25, -0.2) is 4.98 Å². The zero-order valence-electron chi connectivity index (χ0n) is 9.23. The number of aryl methyl sites for hydroxylation is 1. The average molecular weight is 232 g/mol. The van der Waals surface area contributed by atoms with Crippen molar-refractivity contribution in [3.05, 3.63) is 35.1 Å². The molecule has 16 heavy (non-hydrogen) atoms. The summed E-state index contributed by atoms with van der Waals surface area (Å²) in [6, 6.07) is 1.95. The monoisotopic (exact) mass is 232 g/mol. The van der Waals surface area contributed by atoms with E-state index < -0.39 is 0 Å². The number of Topliss-reactive ketones (excluding diaryl/α,β-unsaturated/α-hetero) is 1. The molecule has 82 valence electrons. The van der Waals surface area contributed by atoms with Crippen LogP contribution in [0, 0.1) is 0 Å². The number of pyridine rings is 1. The molecule has 0 atom stereocenters. The Morgan fingerprint density at radius 3 is 2.88 bits per heavy atom. The standard InChI is InChI=1S/C12H12N2OS/c1-3-9-6-13-5-4-10(9)12-14-7-11(16-12)8(2)15/h4-7H,3H2,1-2H3. The summed E-state index contributed by atoms with van der Waals surface area (Å²) >= 11 is 1.44. The molecule has 0 aliphatic heterocycles. The van der Waals surface area contributed by atoms with Crippen LogP contribution in [-0.4, -0.2) is 15.8 Å². The van der Waals surface area contributed by atoms with Gasteiger partial charge in [-0.05, 0) is 18.1 Å². The van der Waals surface area contributed by atoms with Gasteiger partial charge in [-0.3, -0.25) is 9.78 Å². The van der Waals surface area contributed by atoms with Crippen molar-refractivity contribution in [3.8, 4) is 10.6 Å². The Hall–Kier alpha value is -1.55. The van der Waals surface area contributed by atoms with E-state index in [1.807, 2.05) is 12.3 Å². The lowest BCUT2D eigenvalue weighted by Crippen LogP contribution is -1.87. The highest BCUT2D eigenvalue weighted by Crippen LogP contribution is 2.27. The summed E-state index contributed by atoms with van der Waals surface area (Å²) in [4.78, 5) is 20.3. The first-order chi connectivity index (χ1) is 7.72. The van der Waals surface area contributed by atoms with Crippen molar-refractivity contribution in [3.63, 3.8) is 0 Å². The van der Waals surface area contributed by atoms with Crippen molar-refractivity contribution in [2.75, 3.05) is 0 Å². The number of aromatic nitrogens is 2. The fourth-order valence-electron chi connectivity index (χ4n) is 1.48. The molecule has 0 amide bonds. The third-order valence-corrected chi connectivity index (χ3v) is 3.50. The predicted octanol–water partition coefficient (Wildman–Crippen LogP) is 2.97. The maximum absolute atomic E-state index is 11.2. The number of hydrogen-bond donors (Lipinski definition) is 0. The van der Waals surface area contributed by atoms with Crippen molar-refractivity contribution in [2.24, 2.45) is 0 Å². The number of carbonyl (C=O) groups excluding carboxylic acids is 1. The molecule has 0 aliphatic carbocycles. The van der Waals surface area contributed by atoms with E-state index in [2.05, 4.69) is 16.9 Å². The second-order valence-electron chi connectivity index (χ2n) is 3.47. The Morgan fingerprint density at radius 1 is 1.44 bits per heavy atom. The normalized spacial score (nSPS) is 10.4. The minimum absolute atomic E-state index is 0.0656. The first-order valence-electron chi connectivity index (χ1n) is 5.12. The van der Waals surface area contributed by atoms with E-state index in [9.17, 15) is 4.79 Å². The van der Waals surface area contributed by atoms with Crippen molar-refractivity contribution in [1.29, 1.82) is 0 Å². The van der Waals surface area contributed by atoms with Crippen LogP contribution in [0.4, 0.5) is 0 Å². The average Bonchev–Trinajstić information content (AvgIpc) is 2.78. The molecule has 0 unspecified atom stereocenters. The number of ketones is 1. The Morgan fingerprint density at radius 2 is 2.25 bits per heavy atom. The van der Waals surface area contributed by atoms with Gasteiger partial charge in [0.15, 0.2) is 5.78 Å². The van der Waals surface area contributed by atoms with Crippen LogP contribution in [0.1, 0.15) is 29.1 Å². The number of nitrogens with zero attached hydrogens (tertiary/aromatic N) is 2. The molecule has 2 aromatic heterocycles. The lowest BCUT2D eigenvalue weighted by atomic mass is 10.1. The number of rotatable bonds is 3. The Kier molecular flexibility index (Phi) is 3.10. The maximum atomic E-state index is 11.2. The van der Waals surface area contributed by atoms with Gasteiger partial charge < -0.3 is 0 Å². The lowest BCUT2D eigenvalue weighted by molar-refractivity contribution is 0.102. The highest BCUT2D eigenvalue weighted by Gasteiger charge is 2.10. The van der Waals surface area contributed by atoms with Gasteiger partial charge in [0, 0.05) is 31.1 Å². The summed E-state index contributed by atoms with van der Waals surface area (Å²) in [6.07, 6.45) is 6.16. The first-order valence-corrected chi connectivity index (χ1v) is 5.94. The van der Waals surface area contributed by atoms with Crippen LogP contribution in [0.2, 0.25) is 0 Å². The quantitative estimate of drug-likeness (QED) is 0.764. The molecule has 0 spiro atoms. The fourth-order valence-corrected chi connectivity index (χ4v) is 2.35.